The monoisotopic (exact) mass is 226 g/mol. The van der Waals surface area contributed by atoms with Gasteiger partial charge in [-0.1, -0.05) is 30.3 Å². The highest BCUT2D eigenvalue weighted by atomic mass is 31.2. The zero-order chi connectivity index (χ0) is 10.9. The SMILES string of the molecule is CC1(c2ccccc2)CCOP(C)(=O)O1. The lowest BCUT2D eigenvalue weighted by Crippen LogP contribution is -2.30. The minimum absolute atomic E-state index is 0.482. The van der Waals surface area contributed by atoms with Crippen molar-refractivity contribution >= 4 is 7.60 Å². The molecule has 0 spiro atoms. The summed E-state index contributed by atoms with van der Waals surface area (Å²) in [5.74, 6) is 0. The van der Waals surface area contributed by atoms with Crippen LogP contribution in [0.4, 0.5) is 0 Å². The lowest BCUT2D eigenvalue weighted by Gasteiger charge is -2.37. The van der Waals surface area contributed by atoms with Gasteiger partial charge < -0.3 is 4.52 Å². The zero-order valence-electron chi connectivity index (χ0n) is 8.97. The van der Waals surface area contributed by atoms with Crippen LogP contribution in [0.3, 0.4) is 0 Å². The highest BCUT2D eigenvalue weighted by molar-refractivity contribution is 7.53. The Morgan fingerprint density at radius 1 is 1.33 bits per heavy atom. The molecule has 2 rings (SSSR count). The molecule has 3 nitrogen and oxygen atoms in total. The second kappa shape index (κ2) is 3.75. The lowest BCUT2D eigenvalue weighted by atomic mass is 9.93. The van der Waals surface area contributed by atoms with Gasteiger partial charge in [0.25, 0.3) is 0 Å². The molecule has 82 valence electrons. The molecule has 2 atom stereocenters. The molecule has 15 heavy (non-hydrogen) atoms. The molecular weight excluding hydrogens is 211 g/mol. The topological polar surface area (TPSA) is 35.5 Å². The summed E-state index contributed by atoms with van der Waals surface area (Å²) in [4.78, 5) is 0. The van der Waals surface area contributed by atoms with Gasteiger partial charge in [0, 0.05) is 13.1 Å². The van der Waals surface area contributed by atoms with Crippen LogP contribution >= 0.6 is 7.60 Å². The molecule has 1 fully saturated rings. The molecule has 0 amide bonds. The highest BCUT2D eigenvalue weighted by Crippen LogP contribution is 2.55. The molecule has 0 aliphatic carbocycles. The standard InChI is InChI=1S/C11H15O3P/c1-11(10-6-4-3-5-7-10)8-9-13-15(2,12)14-11/h3-7H,8-9H2,1-2H3. The number of benzene rings is 1. The second-order valence-corrected chi connectivity index (χ2v) is 6.03. The summed E-state index contributed by atoms with van der Waals surface area (Å²) in [6.45, 7) is 3.97. The van der Waals surface area contributed by atoms with Gasteiger partial charge in [-0.15, -0.1) is 0 Å². The lowest BCUT2D eigenvalue weighted by molar-refractivity contribution is 0.00397. The summed E-state index contributed by atoms with van der Waals surface area (Å²) in [5, 5.41) is 0. The van der Waals surface area contributed by atoms with Crippen molar-refractivity contribution in [1.82, 2.24) is 0 Å². The molecule has 0 radical (unpaired) electrons. The first-order valence-electron chi connectivity index (χ1n) is 5.00. The van der Waals surface area contributed by atoms with Gasteiger partial charge in [0.2, 0.25) is 0 Å². The van der Waals surface area contributed by atoms with Gasteiger partial charge in [0.05, 0.1) is 6.61 Å². The molecule has 0 saturated carbocycles. The Kier molecular flexibility index (Phi) is 2.72. The van der Waals surface area contributed by atoms with Crippen molar-refractivity contribution in [2.45, 2.75) is 18.9 Å². The maximum Gasteiger partial charge on any atom is 0.328 e. The Labute approximate surface area is 89.9 Å². The minimum Gasteiger partial charge on any atom is -0.309 e. The number of hydrogen-bond acceptors (Lipinski definition) is 3. The van der Waals surface area contributed by atoms with Crippen molar-refractivity contribution in [3.8, 4) is 0 Å². The van der Waals surface area contributed by atoms with Gasteiger partial charge in [0.1, 0.15) is 5.60 Å². The van der Waals surface area contributed by atoms with Crippen molar-refractivity contribution in [1.29, 1.82) is 0 Å². The molecule has 1 aliphatic heterocycles. The van der Waals surface area contributed by atoms with Crippen LogP contribution in [-0.4, -0.2) is 13.3 Å². The molecule has 1 aromatic rings. The molecule has 1 aliphatic rings. The van der Waals surface area contributed by atoms with E-state index in [0.717, 1.165) is 12.0 Å². The van der Waals surface area contributed by atoms with Crippen molar-refractivity contribution < 1.29 is 13.6 Å². The Hall–Kier alpha value is -0.630. The van der Waals surface area contributed by atoms with Crippen LogP contribution in [0.15, 0.2) is 30.3 Å². The molecule has 1 saturated heterocycles. The van der Waals surface area contributed by atoms with Crippen LogP contribution in [0.2, 0.25) is 0 Å². The van der Waals surface area contributed by atoms with Gasteiger partial charge in [0.15, 0.2) is 0 Å². The smallest absolute Gasteiger partial charge is 0.309 e. The Morgan fingerprint density at radius 3 is 2.60 bits per heavy atom. The second-order valence-electron chi connectivity index (χ2n) is 4.04. The minimum atomic E-state index is -2.87. The molecule has 4 heteroatoms. The van der Waals surface area contributed by atoms with E-state index < -0.39 is 13.2 Å². The van der Waals surface area contributed by atoms with Crippen LogP contribution in [-0.2, 0) is 19.2 Å². The van der Waals surface area contributed by atoms with E-state index in [1.165, 1.54) is 6.66 Å². The van der Waals surface area contributed by atoms with Crippen molar-refractivity contribution in [2.24, 2.45) is 0 Å². The molecule has 2 unspecified atom stereocenters. The predicted molar refractivity (Wildman–Crippen MR) is 59.0 cm³/mol. The van der Waals surface area contributed by atoms with Crippen molar-refractivity contribution in [3.05, 3.63) is 35.9 Å². The van der Waals surface area contributed by atoms with Crippen LogP contribution in [0.1, 0.15) is 18.9 Å². The fourth-order valence-electron chi connectivity index (χ4n) is 1.83. The number of hydrogen-bond donors (Lipinski definition) is 0. The molecule has 0 aromatic heterocycles. The van der Waals surface area contributed by atoms with Crippen molar-refractivity contribution in [2.75, 3.05) is 13.3 Å². The third kappa shape index (κ3) is 2.31. The average molecular weight is 226 g/mol. The quantitative estimate of drug-likeness (QED) is 0.690. The summed E-state index contributed by atoms with van der Waals surface area (Å²) in [6, 6.07) is 9.86. The first-order valence-corrected chi connectivity index (χ1v) is 6.99. The van der Waals surface area contributed by atoms with E-state index in [1.807, 2.05) is 37.3 Å². The molecule has 1 heterocycles. The van der Waals surface area contributed by atoms with E-state index in [2.05, 4.69) is 0 Å². The van der Waals surface area contributed by atoms with Crippen LogP contribution in [0, 0.1) is 0 Å². The first-order chi connectivity index (χ1) is 7.02. The summed E-state index contributed by atoms with van der Waals surface area (Å²) in [6.07, 6.45) is 0.731. The summed E-state index contributed by atoms with van der Waals surface area (Å²) < 4.78 is 22.5. The summed E-state index contributed by atoms with van der Waals surface area (Å²) >= 11 is 0. The molecule has 0 bridgehead atoms. The van der Waals surface area contributed by atoms with Gasteiger partial charge in [-0.05, 0) is 12.5 Å². The van der Waals surface area contributed by atoms with Gasteiger partial charge in [-0.3, -0.25) is 9.09 Å². The first kappa shape index (κ1) is 10.9. The average Bonchev–Trinajstić information content (AvgIpc) is 2.17. The fraction of sp³-hybridized carbons (Fsp3) is 0.455. The van der Waals surface area contributed by atoms with Gasteiger partial charge in [-0.25, -0.2) is 0 Å². The van der Waals surface area contributed by atoms with Gasteiger partial charge >= 0.3 is 7.60 Å². The normalized spacial score (nSPS) is 36.4. The molecule has 1 aromatic carbocycles. The maximum atomic E-state index is 11.8. The van der Waals surface area contributed by atoms with E-state index in [9.17, 15) is 4.57 Å². The summed E-state index contributed by atoms with van der Waals surface area (Å²) in [5.41, 5.74) is 0.569. The van der Waals surface area contributed by atoms with E-state index >= 15 is 0 Å². The van der Waals surface area contributed by atoms with Crippen LogP contribution < -0.4 is 0 Å². The molecule has 0 N–H and O–H groups in total. The number of rotatable bonds is 1. The van der Waals surface area contributed by atoms with E-state index in [-0.39, 0.29) is 0 Å². The highest BCUT2D eigenvalue weighted by Gasteiger charge is 2.39. The van der Waals surface area contributed by atoms with Crippen LogP contribution in [0.5, 0.6) is 0 Å². The fourth-order valence-corrected chi connectivity index (χ4v) is 3.24. The Bertz CT molecular complexity index is 390. The largest absolute Gasteiger partial charge is 0.328 e. The van der Waals surface area contributed by atoms with Crippen LogP contribution in [0.25, 0.3) is 0 Å². The Morgan fingerprint density at radius 2 is 2.00 bits per heavy atom. The van der Waals surface area contributed by atoms with Gasteiger partial charge in [-0.2, -0.15) is 0 Å². The van der Waals surface area contributed by atoms with E-state index in [1.54, 1.807) is 0 Å². The Balaban J connectivity index is 2.31. The predicted octanol–water partition coefficient (Wildman–Crippen LogP) is 3.16. The van der Waals surface area contributed by atoms with E-state index in [4.69, 9.17) is 9.05 Å². The summed E-state index contributed by atoms with van der Waals surface area (Å²) in [7, 11) is -2.87. The van der Waals surface area contributed by atoms with Crippen molar-refractivity contribution in [3.63, 3.8) is 0 Å². The third-order valence-corrected chi connectivity index (χ3v) is 4.04. The van der Waals surface area contributed by atoms with E-state index in [0.29, 0.717) is 6.61 Å². The third-order valence-electron chi connectivity index (χ3n) is 2.66. The zero-order valence-corrected chi connectivity index (χ0v) is 9.87. The maximum absolute atomic E-state index is 11.8. The molecular formula is C11H15O3P.